The van der Waals surface area contributed by atoms with Crippen molar-refractivity contribution in [3.63, 3.8) is 0 Å². The van der Waals surface area contributed by atoms with Crippen LogP contribution in [0.1, 0.15) is 24.5 Å². The molecule has 0 aliphatic carbocycles. The molecule has 1 heterocycles. The van der Waals surface area contributed by atoms with Crippen LogP contribution in [-0.4, -0.2) is 10.1 Å². The van der Waals surface area contributed by atoms with E-state index in [-0.39, 0.29) is 0 Å². The van der Waals surface area contributed by atoms with Crippen molar-refractivity contribution in [2.45, 2.75) is 18.9 Å². The summed E-state index contributed by atoms with van der Waals surface area (Å²) in [7, 11) is 0. The molecule has 0 saturated heterocycles. The lowest BCUT2D eigenvalue weighted by Crippen LogP contribution is -1.96. The third-order valence-electron chi connectivity index (χ3n) is 1.65. The van der Waals surface area contributed by atoms with Crippen LogP contribution in [-0.2, 0) is 0 Å². The lowest BCUT2D eigenvalue weighted by Gasteiger charge is -2.07. The second-order valence-corrected chi connectivity index (χ2v) is 2.54. The third kappa shape index (κ3) is 2.37. The van der Waals surface area contributed by atoms with Gasteiger partial charge in [-0.05, 0) is 24.1 Å². The SMILES string of the molecule is C#CCCC(O)c1ccncc1. The average Bonchev–Trinajstić information content (AvgIpc) is 2.15. The van der Waals surface area contributed by atoms with E-state index >= 15 is 0 Å². The van der Waals surface area contributed by atoms with Crippen LogP contribution in [0.4, 0.5) is 0 Å². The maximum Gasteiger partial charge on any atom is 0.0800 e. The minimum Gasteiger partial charge on any atom is -0.388 e. The number of hydrogen-bond donors (Lipinski definition) is 1. The Hall–Kier alpha value is -1.33. The molecule has 0 fully saturated rings. The zero-order chi connectivity index (χ0) is 8.81. The number of rotatable bonds is 3. The summed E-state index contributed by atoms with van der Waals surface area (Å²) in [5, 5.41) is 9.53. The summed E-state index contributed by atoms with van der Waals surface area (Å²) in [5.74, 6) is 2.49. The predicted molar refractivity (Wildman–Crippen MR) is 47.3 cm³/mol. The normalized spacial score (nSPS) is 12.0. The summed E-state index contributed by atoms with van der Waals surface area (Å²) in [5.41, 5.74) is 0.875. The summed E-state index contributed by atoms with van der Waals surface area (Å²) in [6.45, 7) is 0. The van der Waals surface area contributed by atoms with Gasteiger partial charge in [0, 0.05) is 18.8 Å². The van der Waals surface area contributed by atoms with Gasteiger partial charge in [-0.1, -0.05) is 0 Å². The Morgan fingerprint density at radius 1 is 1.50 bits per heavy atom. The van der Waals surface area contributed by atoms with Crippen LogP contribution in [0.25, 0.3) is 0 Å². The van der Waals surface area contributed by atoms with E-state index in [1.165, 1.54) is 0 Å². The lowest BCUT2D eigenvalue weighted by molar-refractivity contribution is 0.169. The molecule has 2 heteroatoms. The molecule has 1 aromatic heterocycles. The molecule has 0 amide bonds. The van der Waals surface area contributed by atoms with Gasteiger partial charge in [0.15, 0.2) is 0 Å². The van der Waals surface area contributed by atoms with Crippen LogP contribution in [0.3, 0.4) is 0 Å². The molecule has 0 aromatic carbocycles. The third-order valence-corrected chi connectivity index (χ3v) is 1.65. The highest BCUT2D eigenvalue weighted by atomic mass is 16.3. The lowest BCUT2D eigenvalue weighted by atomic mass is 10.1. The number of aliphatic hydroxyl groups is 1. The average molecular weight is 161 g/mol. The molecule has 0 aliphatic rings. The Kier molecular flexibility index (Phi) is 3.31. The van der Waals surface area contributed by atoms with Crippen LogP contribution in [0.5, 0.6) is 0 Å². The van der Waals surface area contributed by atoms with Gasteiger partial charge in [0.1, 0.15) is 0 Å². The summed E-state index contributed by atoms with van der Waals surface area (Å²) >= 11 is 0. The van der Waals surface area contributed by atoms with Crippen molar-refractivity contribution >= 4 is 0 Å². The molecule has 1 atom stereocenters. The zero-order valence-electron chi connectivity index (χ0n) is 6.77. The first-order valence-electron chi connectivity index (χ1n) is 3.86. The largest absolute Gasteiger partial charge is 0.388 e. The van der Waals surface area contributed by atoms with E-state index < -0.39 is 6.10 Å². The Morgan fingerprint density at radius 2 is 2.17 bits per heavy atom. The van der Waals surface area contributed by atoms with E-state index in [4.69, 9.17) is 6.42 Å². The fourth-order valence-corrected chi connectivity index (χ4v) is 0.972. The molecular weight excluding hydrogens is 150 g/mol. The monoisotopic (exact) mass is 161 g/mol. The fraction of sp³-hybridized carbons (Fsp3) is 0.300. The molecule has 62 valence electrons. The summed E-state index contributed by atoms with van der Waals surface area (Å²) in [4.78, 5) is 3.86. The molecule has 1 rings (SSSR count). The molecule has 1 N–H and O–H groups in total. The van der Waals surface area contributed by atoms with Crippen LogP contribution in [0.2, 0.25) is 0 Å². The van der Waals surface area contributed by atoms with E-state index in [1.54, 1.807) is 24.5 Å². The summed E-state index contributed by atoms with van der Waals surface area (Å²) in [6.07, 6.45) is 9.16. The molecule has 2 nitrogen and oxygen atoms in total. The van der Waals surface area contributed by atoms with Crippen molar-refractivity contribution in [2.75, 3.05) is 0 Å². The summed E-state index contributed by atoms with van der Waals surface area (Å²) < 4.78 is 0. The zero-order valence-corrected chi connectivity index (χ0v) is 6.77. The van der Waals surface area contributed by atoms with E-state index in [0.29, 0.717) is 12.8 Å². The highest BCUT2D eigenvalue weighted by Gasteiger charge is 2.04. The van der Waals surface area contributed by atoms with Gasteiger partial charge in [-0.3, -0.25) is 4.98 Å². The first-order valence-corrected chi connectivity index (χ1v) is 3.86. The van der Waals surface area contributed by atoms with E-state index in [9.17, 15) is 5.11 Å². The topological polar surface area (TPSA) is 33.1 Å². The van der Waals surface area contributed by atoms with Crippen molar-refractivity contribution in [3.05, 3.63) is 30.1 Å². The van der Waals surface area contributed by atoms with Gasteiger partial charge in [0.25, 0.3) is 0 Å². The van der Waals surface area contributed by atoms with Crippen molar-refractivity contribution in [3.8, 4) is 12.3 Å². The fourth-order valence-electron chi connectivity index (χ4n) is 0.972. The maximum absolute atomic E-state index is 9.53. The van der Waals surface area contributed by atoms with Gasteiger partial charge in [0.2, 0.25) is 0 Å². The Bertz CT molecular complexity index is 263. The number of pyridine rings is 1. The van der Waals surface area contributed by atoms with Crippen molar-refractivity contribution in [2.24, 2.45) is 0 Å². The van der Waals surface area contributed by atoms with Crippen molar-refractivity contribution in [1.29, 1.82) is 0 Å². The summed E-state index contributed by atoms with van der Waals surface area (Å²) in [6, 6.07) is 3.59. The predicted octanol–water partition coefficient (Wildman–Crippen LogP) is 1.53. The van der Waals surface area contributed by atoms with E-state index in [1.807, 2.05) is 0 Å². The van der Waals surface area contributed by atoms with Gasteiger partial charge in [-0.25, -0.2) is 0 Å². The van der Waals surface area contributed by atoms with Gasteiger partial charge in [0.05, 0.1) is 6.10 Å². The number of aromatic nitrogens is 1. The van der Waals surface area contributed by atoms with Gasteiger partial charge >= 0.3 is 0 Å². The molecule has 0 aliphatic heterocycles. The van der Waals surface area contributed by atoms with Crippen LogP contribution < -0.4 is 0 Å². The molecule has 0 saturated carbocycles. The highest BCUT2D eigenvalue weighted by molar-refractivity contribution is 5.13. The number of hydrogen-bond acceptors (Lipinski definition) is 2. The second-order valence-electron chi connectivity index (χ2n) is 2.54. The van der Waals surface area contributed by atoms with E-state index in [0.717, 1.165) is 5.56 Å². The van der Waals surface area contributed by atoms with Gasteiger partial charge in [-0.2, -0.15) is 0 Å². The smallest absolute Gasteiger partial charge is 0.0800 e. The first-order chi connectivity index (χ1) is 5.84. The minimum atomic E-state index is -0.455. The van der Waals surface area contributed by atoms with Crippen molar-refractivity contribution < 1.29 is 5.11 Å². The standard InChI is InChI=1S/C10H11NO/c1-2-3-4-10(12)9-5-7-11-8-6-9/h1,5-8,10,12H,3-4H2. The van der Waals surface area contributed by atoms with E-state index in [2.05, 4.69) is 10.9 Å². The Morgan fingerprint density at radius 3 is 2.75 bits per heavy atom. The van der Waals surface area contributed by atoms with Gasteiger partial charge in [-0.15, -0.1) is 12.3 Å². The Balaban J connectivity index is 2.55. The maximum atomic E-state index is 9.53. The molecular formula is C10H11NO. The molecule has 0 spiro atoms. The second kappa shape index (κ2) is 4.53. The number of aliphatic hydroxyl groups excluding tert-OH is 1. The highest BCUT2D eigenvalue weighted by Crippen LogP contribution is 2.16. The van der Waals surface area contributed by atoms with Crippen LogP contribution in [0.15, 0.2) is 24.5 Å². The van der Waals surface area contributed by atoms with Crippen LogP contribution >= 0.6 is 0 Å². The quantitative estimate of drug-likeness (QED) is 0.682. The number of nitrogens with zero attached hydrogens (tertiary/aromatic N) is 1. The van der Waals surface area contributed by atoms with Crippen LogP contribution in [0, 0.1) is 12.3 Å². The Labute approximate surface area is 72.3 Å². The molecule has 1 unspecified atom stereocenters. The van der Waals surface area contributed by atoms with Gasteiger partial charge < -0.3 is 5.11 Å². The first kappa shape index (κ1) is 8.76. The molecule has 12 heavy (non-hydrogen) atoms. The molecule has 0 radical (unpaired) electrons. The number of terminal acetylenes is 1. The minimum absolute atomic E-state index is 0.455. The molecule has 0 bridgehead atoms. The van der Waals surface area contributed by atoms with Crippen molar-refractivity contribution in [1.82, 2.24) is 4.98 Å². The molecule has 1 aromatic rings.